The quantitative estimate of drug-likeness (QED) is 0.745. The Morgan fingerprint density at radius 1 is 1.62 bits per heavy atom. The van der Waals surface area contributed by atoms with E-state index in [-0.39, 0.29) is 17.5 Å². The summed E-state index contributed by atoms with van der Waals surface area (Å²) in [5.41, 5.74) is 0.738. The molecule has 1 aliphatic heterocycles. The van der Waals surface area contributed by atoms with Gasteiger partial charge in [0.1, 0.15) is 6.26 Å². The lowest BCUT2D eigenvalue weighted by Crippen LogP contribution is -2.20. The molecule has 0 aliphatic carbocycles. The van der Waals surface area contributed by atoms with Crippen molar-refractivity contribution in [1.82, 2.24) is 5.16 Å². The van der Waals surface area contributed by atoms with E-state index in [1.807, 2.05) is 0 Å². The zero-order chi connectivity index (χ0) is 9.31. The summed E-state index contributed by atoms with van der Waals surface area (Å²) in [5.74, 6) is 0.480. The second-order valence-corrected chi connectivity index (χ2v) is 5.39. The van der Waals surface area contributed by atoms with E-state index in [0.717, 1.165) is 5.69 Å². The summed E-state index contributed by atoms with van der Waals surface area (Å²) >= 11 is 0. The third-order valence-corrected chi connectivity index (χ3v) is 3.80. The molecule has 0 aromatic carbocycles. The molecule has 72 valence electrons. The van der Waals surface area contributed by atoms with Crippen molar-refractivity contribution in [2.24, 2.45) is 0 Å². The third-order valence-electron chi connectivity index (χ3n) is 2.04. The first-order valence-electron chi connectivity index (χ1n) is 4.02. The average molecular weight is 202 g/mol. The molecule has 1 unspecified atom stereocenters. The molecule has 2 heterocycles. The molecule has 1 saturated heterocycles. The smallest absolute Gasteiger partial charge is 0.152 e. The van der Waals surface area contributed by atoms with Gasteiger partial charge in [-0.3, -0.25) is 0 Å². The van der Waals surface area contributed by atoms with E-state index in [2.05, 4.69) is 15.0 Å². The number of nitrogens with one attached hydrogen (secondary N) is 1. The van der Waals surface area contributed by atoms with Crippen LogP contribution in [0.5, 0.6) is 0 Å². The van der Waals surface area contributed by atoms with Crippen LogP contribution in [0.15, 0.2) is 17.0 Å². The first-order chi connectivity index (χ1) is 6.16. The number of anilines is 1. The molecule has 5 nitrogen and oxygen atoms in total. The minimum atomic E-state index is -2.81. The van der Waals surface area contributed by atoms with Gasteiger partial charge in [-0.05, 0) is 6.42 Å². The van der Waals surface area contributed by atoms with Gasteiger partial charge >= 0.3 is 0 Å². The third kappa shape index (κ3) is 2.00. The minimum Gasteiger partial charge on any atom is -0.377 e. The molecule has 1 fully saturated rings. The van der Waals surface area contributed by atoms with Crippen LogP contribution in [0.3, 0.4) is 0 Å². The highest BCUT2D eigenvalue weighted by atomic mass is 32.2. The zero-order valence-corrected chi connectivity index (χ0v) is 7.75. The Labute approximate surface area is 76.0 Å². The number of nitrogens with zero attached hydrogens (tertiary/aromatic N) is 1. The Morgan fingerprint density at radius 3 is 3.00 bits per heavy atom. The van der Waals surface area contributed by atoms with Gasteiger partial charge in [0.25, 0.3) is 0 Å². The molecule has 1 aromatic rings. The molecule has 6 heteroatoms. The van der Waals surface area contributed by atoms with E-state index in [9.17, 15) is 8.42 Å². The lowest BCUT2D eigenvalue weighted by Gasteiger charge is -2.08. The van der Waals surface area contributed by atoms with Crippen LogP contribution >= 0.6 is 0 Å². The fraction of sp³-hybridized carbons (Fsp3) is 0.571. The minimum absolute atomic E-state index is 0.00407. The summed E-state index contributed by atoms with van der Waals surface area (Å²) < 4.78 is 26.8. The molecule has 13 heavy (non-hydrogen) atoms. The number of hydrogen-bond donors (Lipinski definition) is 1. The lowest BCUT2D eigenvalue weighted by molar-refractivity contribution is 0.420. The lowest BCUT2D eigenvalue weighted by atomic mass is 10.2. The molecular weight excluding hydrogens is 192 g/mol. The molecule has 1 N–H and O–H groups in total. The van der Waals surface area contributed by atoms with Gasteiger partial charge in [0, 0.05) is 6.04 Å². The summed E-state index contributed by atoms with van der Waals surface area (Å²) in [6, 6.07) is 0.00407. The predicted molar refractivity (Wildman–Crippen MR) is 47.2 cm³/mol. The SMILES string of the molecule is O=S1(=O)CCC(Nc2cnoc2)C1. The van der Waals surface area contributed by atoms with Crippen LogP contribution in [-0.4, -0.2) is 31.1 Å². The van der Waals surface area contributed by atoms with Crippen LogP contribution in [0.1, 0.15) is 6.42 Å². The first-order valence-corrected chi connectivity index (χ1v) is 5.84. The van der Waals surface area contributed by atoms with Gasteiger partial charge in [-0.2, -0.15) is 0 Å². The molecule has 0 spiro atoms. The van der Waals surface area contributed by atoms with E-state index in [0.29, 0.717) is 6.42 Å². The number of sulfone groups is 1. The summed E-state index contributed by atoms with van der Waals surface area (Å²) in [7, 11) is -2.81. The molecule has 0 saturated carbocycles. The van der Waals surface area contributed by atoms with Crippen molar-refractivity contribution in [3.05, 3.63) is 12.5 Å². The Balaban J connectivity index is 1.99. The van der Waals surface area contributed by atoms with Crippen LogP contribution in [0.4, 0.5) is 5.69 Å². The molecule has 0 radical (unpaired) electrons. The maximum absolute atomic E-state index is 11.1. The van der Waals surface area contributed by atoms with E-state index >= 15 is 0 Å². The largest absolute Gasteiger partial charge is 0.377 e. The summed E-state index contributed by atoms with van der Waals surface area (Å²) in [5, 5.41) is 6.55. The topological polar surface area (TPSA) is 72.2 Å². The highest BCUT2D eigenvalue weighted by molar-refractivity contribution is 7.91. The molecule has 1 atom stereocenters. The molecular formula is C7H10N2O3S. The zero-order valence-electron chi connectivity index (χ0n) is 6.93. The van der Waals surface area contributed by atoms with Crippen molar-refractivity contribution in [3.63, 3.8) is 0 Å². The highest BCUT2D eigenvalue weighted by Gasteiger charge is 2.27. The molecule has 1 aliphatic rings. The van der Waals surface area contributed by atoms with Crippen LogP contribution < -0.4 is 5.32 Å². The Kier molecular flexibility index (Phi) is 1.99. The summed E-state index contributed by atoms with van der Waals surface area (Å²) in [6.07, 6.45) is 3.66. The normalized spacial score (nSPS) is 26.0. The van der Waals surface area contributed by atoms with Gasteiger partial charge < -0.3 is 9.84 Å². The van der Waals surface area contributed by atoms with Crippen LogP contribution in [0.25, 0.3) is 0 Å². The number of rotatable bonds is 2. The Bertz CT molecular complexity index is 370. The van der Waals surface area contributed by atoms with E-state index in [1.54, 1.807) is 0 Å². The van der Waals surface area contributed by atoms with Gasteiger partial charge in [-0.1, -0.05) is 5.16 Å². The molecule has 1 aromatic heterocycles. The highest BCUT2D eigenvalue weighted by Crippen LogP contribution is 2.16. The van der Waals surface area contributed by atoms with Gasteiger partial charge in [-0.15, -0.1) is 0 Å². The van der Waals surface area contributed by atoms with Crippen LogP contribution in [0, 0.1) is 0 Å². The van der Waals surface area contributed by atoms with Crippen LogP contribution in [-0.2, 0) is 9.84 Å². The van der Waals surface area contributed by atoms with Crippen molar-refractivity contribution in [2.45, 2.75) is 12.5 Å². The van der Waals surface area contributed by atoms with Gasteiger partial charge in [0.15, 0.2) is 9.84 Å². The Morgan fingerprint density at radius 2 is 2.46 bits per heavy atom. The van der Waals surface area contributed by atoms with Gasteiger partial charge in [-0.25, -0.2) is 8.42 Å². The van der Waals surface area contributed by atoms with Crippen LogP contribution in [0.2, 0.25) is 0 Å². The van der Waals surface area contributed by atoms with Crippen molar-refractivity contribution in [3.8, 4) is 0 Å². The van der Waals surface area contributed by atoms with E-state index < -0.39 is 9.84 Å². The maximum atomic E-state index is 11.1. The van der Waals surface area contributed by atoms with Crippen molar-refractivity contribution in [2.75, 3.05) is 16.8 Å². The average Bonchev–Trinajstić information content (AvgIpc) is 2.61. The molecule has 0 bridgehead atoms. The van der Waals surface area contributed by atoms with E-state index in [1.165, 1.54) is 12.5 Å². The second-order valence-electron chi connectivity index (χ2n) is 3.16. The maximum Gasteiger partial charge on any atom is 0.152 e. The van der Waals surface area contributed by atoms with E-state index in [4.69, 9.17) is 0 Å². The molecule has 2 rings (SSSR count). The van der Waals surface area contributed by atoms with Crippen molar-refractivity contribution >= 4 is 15.5 Å². The first kappa shape index (κ1) is 8.55. The fourth-order valence-corrected chi connectivity index (χ4v) is 3.09. The van der Waals surface area contributed by atoms with Gasteiger partial charge in [0.05, 0.1) is 23.4 Å². The number of hydrogen-bond acceptors (Lipinski definition) is 5. The number of aromatic nitrogens is 1. The predicted octanol–water partition coefficient (Wildman–Crippen LogP) is 0.274. The summed E-state index contributed by atoms with van der Waals surface area (Å²) in [6.45, 7) is 0. The fourth-order valence-electron chi connectivity index (χ4n) is 1.42. The molecule has 0 amide bonds. The standard InChI is InChI=1S/C7H10N2O3S/c10-13(11)2-1-6(5-13)9-7-3-8-12-4-7/h3-4,6,9H,1-2,5H2. The van der Waals surface area contributed by atoms with Crippen molar-refractivity contribution < 1.29 is 12.9 Å². The van der Waals surface area contributed by atoms with Gasteiger partial charge in [0.2, 0.25) is 0 Å². The monoisotopic (exact) mass is 202 g/mol. The van der Waals surface area contributed by atoms with Crippen molar-refractivity contribution in [1.29, 1.82) is 0 Å². The Hall–Kier alpha value is -1.04. The summed E-state index contributed by atoms with van der Waals surface area (Å²) in [4.78, 5) is 0. The second kappa shape index (κ2) is 3.02.